The van der Waals surface area contributed by atoms with E-state index in [1.165, 1.54) is 12.4 Å². The highest BCUT2D eigenvalue weighted by atomic mass is 16.1. The molecule has 2 aromatic carbocycles. The molecule has 6 nitrogen and oxygen atoms in total. The zero-order chi connectivity index (χ0) is 19.2. The van der Waals surface area contributed by atoms with Crippen molar-refractivity contribution < 1.29 is 4.79 Å². The average molecular weight is 357 g/mol. The molecule has 0 unspecified atom stereocenters. The highest BCUT2D eigenvalue weighted by Gasteiger charge is 2.12. The number of nitriles is 1. The van der Waals surface area contributed by atoms with Crippen molar-refractivity contribution in [2.24, 2.45) is 0 Å². The molecule has 0 fully saturated rings. The Bertz CT molecular complexity index is 973. The first-order valence-electron chi connectivity index (χ1n) is 8.56. The summed E-state index contributed by atoms with van der Waals surface area (Å²) in [6, 6.07) is 16.8. The van der Waals surface area contributed by atoms with Gasteiger partial charge in [-0.25, -0.2) is 9.97 Å². The smallest absolute Gasteiger partial charge is 0.275 e. The molecule has 1 heterocycles. The Morgan fingerprint density at radius 1 is 1.04 bits per heavy atom. The molecule has 0 bridgehead atoms. The van der Waals surface area contributed by atoms with E-state index in [1.807, 2.05) is 24.3 Å². The molecule has 0 aliphatic rings. The second kappa shape index (κ2) is 8.11. The van der Waals surface area contributed by atoms with E-state index in [9.17, 15) is 4.79 Å². The first kappa shape index (κ1) is 18.1. The standard InChI is InChI=1S/C21H19N5O/c1-14(2)17-5-3-4-6-18(17)26-21(27)19-12-24-20(13-23-19)25-16-9-7-15(11-22)8-10-16/h3-10,12-14H,1-2H3,(H,24,25)(H,26,27). The van der Waals surface area contributed by atoms with Crippen molar-refractivity contribution >= 4 is 23.1 Å². The predicted octanol–water partition coefficient (Wildman–Crippen LogP) is 4.47. The maximum absolute atomic E-state index is 12.5. The molecule has 2 N–H and O–H groups in total. The highest BCUT2D eigenvalue weighted by molar-refractivity contribution is 6.03. The summed E-state index contributed by atoms with van der Waals surface area (Å²) in [5, 5.41) is 14.8. The van der Waals surface area contributed by atoms with Gasteiger partial charge in [0.2, 0.25) is 0 Å². The molecule has 3 aromatic rings. The number of anilines is 3. The number of aromatic nitrogens is 2. The van der Waals surface area contributed by atoms with Gasteiger partial charge in [-0.15, -0.1) is 0 Å². The Balaban J connectivity index is 1.69. The molecule has 0 radical (unpaired) electrons. The van der Waals surface area contributed by atoms with Gasteiger partial charge in [0.25, 0.3) is 5.91 Å². The topological polar surface area (TPSA) is 90.7 Å². The van der Waals surface area contributed by atoms with E-state index < -0.39 is 0 Å². The third-order valence-electron chi connectivity index (χ3n) is 4.00. The van der Waals surface area contributed by atoms with Crippen LogP contribution in [0.3, 0.4) is 0 Å². The lowest BCUT2D eigenvalue weighted by Gasteiger charge is -2.13. The molecule has 0 atom stereocenters. The van der Waals surface area contributed by atoms with Crippen molar-refractivity contribution in [2.75, 3.05) is 10.6 Å². The van der Waals surface area contributed by atoms with Gasteiger partial charge >= 0.3 is 0 Å². The quantitative estimate of drug-likeness (QED) is 0.703. The van der Waals surface area contributed by atoms with Crippen LogP contribution in [-0.2, 0) is 0 Å². The van der Waals surface area contributed by atoms with Crippen LogP contribution in [0.4, 0.5) is 17.2 Å². The zero-order valence-electron chi connectivity index (χ0n) is 15.1. The van der Waals surface area contributed by atoms with E-state index in [4.69, 9.17) is 5.26 Å². The van der Waals surface area contributed by atoms with Crippen LogP contribution in [0, 0.1) is 11.3 Å². The Morgan fingerprint density at radius 3 is 2.41 bits per heavy atom. The summed E-state index contributed by atoms with van der Waals surface area (Å²) < 4.78 is 0. The maximum Gasteiger partial charge on any atom is 0.275 e. The first-order valence-corrected chi connectivity index (χ1v) is 8.56. The lowest BCUT2D eigenvalue weighted by Crippen LogP contribution is -2.15. The van der Waals surface area contributed by atoms with Crippen LogP contribution in [0.2, 0.25) is 0 Å². The van der Waals surface area contributed by atoms with Gasteiger partial charge in [0.1, 0.15) is 11.5 Å². The van der Waals surface area contributed by atoms with Crippen molar-refractivity contribution in [2.45, 2.75) is 19.8 Å². The van der Waals surface area contributed by atoms with Gasteiger partial charge in [0.05, 0.1) is 24.0 Å². The number of benzene rings is 2. The molecule has 0 aliphatic carbocycles. The highest BCUT2D eigenvalue weighted by Crippen LogP contribution is 2.24. The molecule has 0 saturated heterocycles. The van der Waals surface area contributed by atoms with Crippen molar-refractivity contribution in [3.63, 3.8) is 0 Å². The molecule has 1 aromatic heterocycles. The average Bonchev–Trinajstić information content (AvgIpc) is 2.69. The van der Waals surface area contributed by atoms with Crippen LogP contribution < -0.4 is 10.6 Å². The molecule has 1 amide bonds. The molecule has 0 saturated carbocycles. The Labute approximate surface area is 157 Å². The fourth-order valence-corrected chi connectivity index (χ4v) is 2.59. The number of carbonyl (C=O) groups excluding carboxylic acids is 1. The molecule has 3 rings (SSSR count). The van der Waals surface area contributed by atoms with Crippen molar-refractivity contribution in [1.29, 1.82) is 5.26 Å². The summed E-state index contributed by atoms with van der Waals surface area (Å²) in [6.45, 7) is 4.16. The van der Waals surface area contributed by atoms with E-state index in [-0.39, 0.29) is 11.6 Å². The summed E-state index contributed by atoms with van der Waals surface area (Å²) in [6.07, 6.45) is 2.93. The minimum Gasteiger partial charge on any atom is -0.339 e. The summed E-state index contributed by atoms with van der Waals surface area (Å²) in [7, 11) is 0. The summed E-state index contributed by atoms with van der Waals surface area (Å²) >= 11 is 0. The summed E-state index contributed by atoms with van der Waals surface area (Å²) in [4.78, 5) is 20.9. The van der Waals surface area contributed by atoms with Gasteiger partial charge in [0.15, 0.2) is 0 Å². The number of amides is 1. The molecule has 0 aliphatic heterocycles. The van der Waals surface area contributed by atoms with E-state index >= 15 is 0 Å². The first-order chi connectivity index (χ1) is 13.1. The van der Waals surface area contributed by atoms with Gasteiger partial charge in [-0.2, -0.15) is 5.26 Å². The number of hydrogen-bond acceptors (Lipinski definition) is 5. The minimum atomic E-state index is -0.305. The van der Waals surface area contributed by atoms with E-state index in [1.54, 1.807) is 24.3 Å². The molecule has 134 valence electrons. The Hall–Kier alpha value is -3.72. The number of nitrogens with one attached hydrogen (secondary N) is 2. The minimum absolute atomic E-state index is 0.235. The second-order valence-corrected chi connectivity index (χ2v) is 6.30. The molecular formula is C21H19N5O. The van der Waals surface area contributed by atoms with Crippen LogP contribution in [0.25, 0.3) is 0 Å². The van der Waals surface area contributed by atoms with Gasteiger partial charge in [0, 0.05) is 11.4 Å². The summed E-state index contributed by atoms with van der Waals surface area (Å²) in [5.74, 6) is 0.506. The fourth-order valence-electron chi connectivity index (χ4n) is 2.59. The number of hydrogen-bond donors (Lipinski definition) is 2. The SMILES string of the molecule is CC(C)c1ccccc1NC(=O)c1cnc(Nc2ccc(C#N)cc2)cn1. The monoisotopic (exact) mass is 357 g/mol. The molecule has 6 heteroatoms. The predicted molar refractivity (Wildman–Crippen MR) is 105 cm³/mol. The van der Waals surface area contributed by atoms with Gasteiger partial charge in [-0.3, -0.25) is 4.79 Å². The number of rotatable bonds is 5. The van der Waals surface area contributed by atoms with Crippen molar-refractivity contribution in [3.05, 3.63) is 77.7 Å². The lowest BCUT2D eigenvalue weighted by atomic mass is 10.0. The number of para-hydroxylation sites is 1. The van der Waals surface area contributed by atoms with Gasteiger partial charge in [-0.05, 0) is 41.8 Å². The Morgan fingerprint density at radius 2 is 1.78 bits per heavy atom. The normalized spacial score (nSPS) is 10.3. The lowest BCUT2D eigenvalue weighted by molar-refractivity contribution is 0.102. The van der Waals surface area contributed by atoms with Crippen molar-refractivity contribution in [1.82, 2.24) is 9.97 Å². The van der Waals surface area contributed by atoms with Crippen LogP contribution in [0.1, 0.15) is 41.4 Å². The van der Waals surface area contributed by atoms with Crippen LogP contribution in [0.5, 0.6) is 0 Å². The Kier molecular flexibility index (Phi) is 5.43. The third kappa shape index (κ3) is 4.47. The van der Waals surface area contributed by atoms with Gasteiger partial charge in [-0.1, -0.05) is 32.0 Å². The fraction of sp³-hybridized carbons (Fsp3) is 0.143. The second-order valence-electron chi connectivity index (χ2n) is 6.30. The van der Waals surface area contributed by atoms with E-state index in [2.05, 4.69) is 40.5 Å². The molecule has 27 heavy (non-hydrogen) atoms. The van der Waals surface area contributed by atoms with E-state index in [0.29, 0.717) is 17.3 Å². The molecular weight excluding hydrogens is 338 g/mol. The van der Waals surface area contributed by atoms with Gasteiger partial charge < -0.3 is 10.6 Å². The third-order valence-corrected chi connectivity index (χ3v) is 4.00. The maximum atomic E-state index is 12.5. The number of carbonyl (C=O) groups is 1. The largest absolute Gasteiger partial charge is 0.339 e. The molecule has 0 spiro atoms. The number of nitrogens with zero attached hydrogens (tertiary/aromatic N) is 3. The van der Waals surface area contributed by atoms with Crippen molar-refractivity contribution in [3.8, 4) is 6.07 Å². The van der Waals surface area contributed by atoms with Crippen LogP contribution >= 0.6 is 0 Å². The van der Waals surface area contributed by atoms with E-state index in [0.717, 1.165) is 16.9 Å². The zero-order valence-corrected chi connectivity index (χ0v) is 15.1. The summed E-state index contributed by atoms with van der Waals surface area (Å²) in [5.41, 5.74) is 3.45. The van der Waals surface area contributed by atoms with Crippen LogP contribution in [-0.4, -0.2) is 15.9 Å². The van der Waals surface area contributed by atoms with Crippen LogP contribution in [0.15, 0.2) is 60.9 Å².